The van der Waals surface area contributed by atoms with Gasteiger partial charge < -0.3 is 5.32 Å². The number of carbonyl (C=O) groups excluding carboxylic acids is 1. The van der Waals surface area contributed by atoms with Crippen molar-refractivity contribution < 1.29 is 9.18 Å². The predicted octanol–water partition coefficient (Wildman–Crippen LogP) is 2.12. The molecule has 1 N–H and O–H groups in total. The van der Waals surface area contributed by atoms with Crippen LogP contribution in [0.4, 0.5) is 10.1 Å². The summed E-state index contributed by atoms with van der Waals surface area (Å²) in [6.07, 6.45) is 1.30. The molecule has 8 nitrogen and oxygen atoms in total. The van der Waals surface area contributed by atoms with Gasteiger partial charge in [0.2, 0.25) is 5.91 Å². The third-order valence-electron chi connectivity index (χ3n) is 4.47. The zero-order valence-electron chi connectivity index (χ0n) is 15.5. The maximum atomic E-state index is 13.1. The summed E-state index contributed by atoms with van der Waals surface area (Å²) in [6.45, 7) is 1.98. The van der Waals surface area contributed by atoms with Crippen LogP contribution in [0, 0.1) is 12.7 Å². The molecule has 0 aliphatic rings. The van der Waals surface area contributed by atoms with Gasteiger partial charge in [0.15, 0.2) is 11.2 Å². The number of fused-ring (bicyclic) bond motifs is 1. The lowest BCUT2D eigenvalue weighted by molar-refractivity contribution is -0.116. The molecule has 0 saturated carbocycles. The van der Waals surface area contributed by atoms with Crippen molar-refractivity contribution in [2.24, 2.45) is 0 Å². The van der Waals surface area contributed by atoms with Gasteiger partial charge in [0.05, 0.1) is 6.54 Å². The smallest absolute Gasteiger partial charge is 0.283 e. The van der Waals surface area contributed by atoms with Crippen LogP contribution in [0.25, 0.3) is 11.2 Å². The average molecular weight is 392 g/mol. The molecular formula is C20H17FN6O2. The van der Waals surface area contributed by atoms with Crippen LogP contribution in [-0.2, 0) is 17.9 Å². The second-order valence-corrected chi connectivity index (χ2v) is 6.59. The number of aromatic nitrogens is 5. The number of carbonyl (C=O) groups is 1. The van der Waals surface area contributed by atoms with E-state index in [-0.39, 0.29) is 23.8 Å². The first-order chi connectivity index (χ1) is 14.0. The van der Waals surface area contributed by atoms with Crippen LogP contribution in [0.15, 0.2) is 59.7 Å². The Morgan fingerprint density at radius 3 is 2.66 bits per heavy atom. The number of nitrogens with zero attached hydrogens (tertiary/aromatic N) is 5. The number of benzene rings is 2. The van der Waals surface area contributed by atoms with Crippen molar-refractivity contribution in [1.29, 1.82) is 0 Å². The summed E-state index contributed by atoms with van der Waals surface area (Å²) in [7, 11) is 0. The molecular weight excluding hydrogens is 375 g/mol. The summed E-state index contributed by atoms with van der Waals surface area (Å²) >= 11 is 0. The number of amides is 1. The van der Waals surface area contributed by atoms with Crippen LogP contribution < -0.4 is 10.9 Å². The van der Waals surface area contributed by atoms with Gasteiger partial charge >= 0.3 is 0 Å². The minimum absolute atomic E-state index is 0.0679. The van der Waals surface area contributed by atoms with E-state index in [0.29, 0.717) is 17.9 Å². The molecule has 2 aromatic carbocycles. The van der Waals surface area contributed by atoms with Crippen LogP contribution >= 0.6 is 0 Å². The first-order valence-electron chi connectivity index (χ1n) is 8.90. The third kappa shape index (κ3) is 3.88. The molecule has 9 heteroatoms. The number of hydrogen-bond donors (Lipinski definition) is 1. The zero-order valence-corrected chi connectivity index (χ0v) is 15.5. The van der Waals surface area contributed by atoms with Crippen molar-refractivity contribution in [3.8, 4) is 0 Å². The number of halogens is 1. The molecule has 1 amide bonds. The molecule has 29 heavy (non-hydrogen) atoms. The van der Waals surface area contributed by atoms with Crippen LogP contribution in [0.1, 0.15) is 11.1 Å². The number of para-hydroxylation sites is 1. The zero-order chi connectivity index (χ0) is 20.4. The summed E-state index contributed by atoms with van der Waals surface area (Å²) in [5, 5.41) is 10.7. The van der Waals surface area contributed by atoms with Crippen molar-refractivity contribution >= 4 is 22.8 Å². The predicted molar refractivity (Wildman–Crippen MR) is 105 cm³/mol. The number of nitrogens with one attached hydrogen (secondary N) is 1. The van der Waals surface area contributed by atoms with Gasteiger partial charge in [0.25, 0.3) is 5.56 Å². The van der Waals surface area contributed by atoms with Gasteiger partial charge in [-0.3, -0.25) is 14.2 Å². The van der Waals surface area contributed by atoms with Gasteiger partial charge in [0.1, 0.15) is 18.7 Å². The summed E-state index contributed by atoms with van der Waals surface area (Å²) < 4.78 is 15.7. The van der Waals surface area contributed by atoms with Crippen LogP contribution in [-0.4, -0.2) is 30.5 Å². The Morgan fingerprint density at radius 1 is 1.14 bits per heavy atom. The number of hydrogen-bond acceptors (Lipinski definition) is 5. The number of aryl methyl sites for hydroxylation is 1. The fraction of sp³-hybridized carbons (Fsp3) is 0.150. The molecule has 0 radical (unpaired) electrons. The van der Waals surface area contributed by atoms with Gasteiger partial charge in [-0.05, 0) is 36.2 Å². The fourth-order valence-electron chi connectivity index (χ4n) is 2.93. The van der Waals surface area contributed by atoms with Crippen LogP contribution in [0.3, 0.4) is 0 Å². The summed E-state index contributed by atoms with van der Waals surface area (Å²) in [5.41, 5.74) is 2.31. The molecule has 0 aliphatic carbocycles. The minimum Gasteiger partial charge on any atom is -0.324 e. The Kier molecular flexibility index (Phi) is 4.86. The second kappa shape index (κ2) is 7.63. The van der Waals surface area contributed by atoms with E-state index in [1.165, 1.54) is 27.7 Å². The summed E-state index contributed by atoms with van der Waals surface area (Å²) in [5.74, 6) is -0.677. The van der Waals surface area contributed by atoms with E-state index in [1.807, 2.05) is 25.1 Å². The molecule has 0 unspecified atom stereocenters. The molecule has 4 aromatic rings. The van der Waals surface area contributed by atoms with E-state index in [2.05, 4.69) is 20.6 Å². The molecule has 2 aromatic heterocycles. The van der Waals surface area contributed by atoms with Gasteiger partial charge in [-0.1, -0.05) is 35.5 Å². The fourth-order valence-corrected chi connectivity index (χ4v) is 2.93. The van der Waals surface area contributed by atoms with E-state index in [4.69, 9.17) is 0 Å². The number of anilines is 1. The van der Waals surface area contributed by atoms with E-state index in [0.717, 1.165) is 11.1 Å². The Bertz CT molecular complexity index is 1250. The highest BCUT2D eigenvalue weighted by molar-refractivity contribution is 5.91. The van der Waals surface area contributed by atoms with Crippen molar-refractivity contribution in [1.82, 2.24) is 24.5 Å². The Hall–Kier alpha value is -3.88. The lowest BCUT2D eigenvalue weighted by Crippen LogP contribution is -2.28. The number of rotatable bonds is 5. The SMILES string of the molecule is Cc1ccccc1NC(=O)Cn1cnc2c(nnn2Cc2ccc(F)cc2)c1=O. The van der Waals surface area contributed by atoms with Crippen molar-refractivity contribution in [2.45, 2.75) is 20.0 Å². The quantitative estimate of drug-likeness (QED) is 0.561. The monoisotopic (exact) mass is 392 g/mol. The Labute approximate surface area is 164 Å². The largest absolute Gasteiger partial charge is 0.324 e. The third-order valence-corrected chi connectivity index (χ3v) is 4.47. The highest BCUT2D eigenvalue weighted by Gasteiger charge is 2.14. The summed E-state index contributed by atoms with van der Waals surface area (Å²) in [4.78, 5) is 29.2. The Balaban J connectivity index is 1.55. The molecule has 2 heterocycles. The van der Waals surface area contributed by atoms with E-state index in [9.17, 15) is 14.0 Å². The van der Waals surface area contributed by atoms with Gasteiger partial charge in [-0.25, -0.2) is 14.1 Å². The lowest BCUT2D eigenvalue weighted by Gasteiger charge is -2.09. The Morgan fingerprint density at radius 2 is 1.90 bits per heavy atom. The molecule has 0 bridgehead atoms. The molecule has 4 rings (SSSR count). The van der Waals surface area contributed by atoms with Crippen molar-refractivity contribution in [2.75, 3.05) is 5.32 Å². The maximum Gasteiger partial charge on any atom is 0.283 e. The molecule has 0 saturated heterocycles. The summed E-state index contributed by atoms with van der Waals surface area (Å²) in [6, 6.07) is 13.3. The lowest BCUT2D eigenvalue weighted by atomic mass is 10.2. The molecule has 146 valence electrons. The second-order valence-electron chi connectivity index (χ2n) is 6.59. The van der Waals surface area contributed by atoms with Crippen molar-refractivity contribution in [3.63, 3.8) is 0 Å². The first kappa shape index (κ1) is 18.5. The average Bonchev–Trinajstić information content (AvgIpc) is 3.11. The standard InChI is InChI=1S/C20H17FN6O2/c1-13-4-2-3-5-16(13)23-17(28)11-26-12-22-19-18(20(26)29)24-25-27(19)10-14-6-8-15(21)9-7-14/h2-9,12H,10-11H2,1H3,(H,23,28). The van der Waals surface area contributed by atoms with Crippen LogP contribution in [0.5, 0.6) is 0 Å². The maximum absolute atomic E-state index is 13.1. The normalized spacial score (nSPS) is 11.0. The van der Waals surface area contributed by atoms with Gasteiger partial charge in [-0.2, -0.15) is 0 Å². The molecule has 0 aliphatic heterocycles. The molecule has 0 spiro atoms. The van der Waals surface area contributed by atoms with E-state index in [1.54, 1.807) is 18.2 Å². The van der Waals surface area contributed by atoms with Crippen LogP contribution in [0.2, 0.25) is 0 Å². The van der Waals surface area contributed by atoms with Gasteiger partial charge in [0, 0.05) is 5.69 Å². The minimum atomic E-state index is -0.458. The van der Waals surface area contributed by atoms with Crippen molar-refractivity contribution in [3.05, 3.63) is 82.2 Å². The molecule has 0 atom stereocenters. The van der Waals surface area contributed by atoms with E-state index < -0.39 is 5.56 Å². The topological polar surface area (TPSA) is 94.7 Å². The van der Waals surface area contributed by atoms with Gasteiger partial charge in [-0.15, -0.1) is 5.10 Å². The molecule has 0 fully saturated rings. The highest BCUT2D eigenvalue weighted by Crippen LogP contribution is 2.13. The highest BCUT2D eigenvalue weighted by atomic mass is 19.1. The van der Waals surface area contributed by atoms with E-state index >= 15 is 0 Å². The first-order valence-corrected chi connectivity index (χ1v) is 8.90.